The number of carboxylic acid groups (broad SMARTS) is 1. The summed E-state index contributed by atoms with van der Waals surface area (Å²) in [5, 5.41) is 8.60. The van der Waals surface area contributed by atoms with Crippen LogP contribution in [0.3, 0.4) is 0 Å². The number of carbonyl (C=O) groups excluding carboxylic acids is 1. The van der Waals surface area contributed by atoms with Crippen molar-refractivity contribution in [1.29, 1.82) is 0 Å². The lowest BCUT2D eigenvalue weighted by atomic mass is 10.2. The van der Waals surface area contributed by atoms with Crippen LogP contribution in [-0.4, -0.2) is 41.0 Å². The molecule has 5 nitrogen and oxygen atoms in total. The van der Waals surface area contributed by atoms with Gasteiger partial charge in [0.25, 0.3) is 0 Å². The zero-order chi connectivity index (χ0) is 11.8. The lowest BCUT2D eigenvalue weighted by Crippen LogP contribution is -2.46. The highest BCUT2D eigenvalue weighted by Gasteiger charge is 2.21. The van der Waals surface area contributed by atoms with Gasteiger partial charge in [0.1, 0.15) is 6.54 Å². The molecular formula is C10H16N2O3. The fourth-order valence-corrected chi connectivity index (χ4v) is 1.15. The second kappa shape index (κ2) is 6.85. The summed E-state index contributed by atoms with van der Waals surface area (Å²) in [5.74, 6) is 0.822. The molecule has 0 aliphatic heterocycles. The van der Waals surface area contributed by atoms with Crippen molar-refractivity contribution in [3.05, 3.63) is 0 Å². The van der Waals surface area contributed by atoms with Crippen LogP contribution < -0.4 is 5.73 Å². The first-order valence-electron chi connectivity index (χ1n) is 4.72. The summed E-state index contributed by atoms with van der Waals surface area (Å²) in [4.78, 5) is 23.3. The molecule has 0 aromatic heterocycles. The van der Waals surface area contributed by atoms with Crippen molar-refractivity contribution in [3.8, 4) is 12.3 Å². The molecule has 1 amide bonds. The third-order valence-electron chi connectivity index (χ3n) is 1.79. The summed E-state index contributed by atoms with van der Waals surface area (Å²) in [6.45, 7) is 1.91. The van der Waals surface area contributed by atoms with Crippen LogP contribution in [0.15, 0.2) is 0 Å². The normalized spacial score (nSPS) is 11.5. The van der Waals surface area contributed by atoms with E-state index in [9.17, 15) is 9.59 Å². The van der Waals surface area contributed by atoms with E-state index in [0.29, 0.717) is 13.0 Å². The average molecular weight is 212 g/mol. The number of nitrogens with zero attached hydrogens (tertiary/aromatic N) is 1. The van der Waals surface area contributed by atoms with E-state index in [2.05, 4.69) is 5.92 Å². The minimum atomic E-state index is -1.05. The van der Waals surface area contributed by atoms with Gasteiger partial charge in [0.15, 0.2) is 0 Å². The molecular weight excluding hydrogens is 196 g/mol. The molecule has 0 fully saturated rings. The molecule has 0 aromatic carbocycles. The Morgan fingerprint density at radius 2 is 2.20 bits per heavy atom. The Kier molecular flexibility index (Phi) is 6.14. The zero-order valence-electron chi connectivity index (χ0n) is 8.77. The van der Waals surface area contributed by atoms with Gasteiger partial charge in [-0.1, -0.05) is 6.92 Å². The van der Waals surface area contributed by atoms with Crippen molar-refractivity contribution in [3.63, 3.8) is 0 Å². The Morgan fingerprint density at radius 3 is 2.60 bits per heavy atom. The summed E-state index contributed by atoms with van der Waals surface area (Å²) in [5.41, 5.74) is 5.51. The minimum absolute atomic E-state index is 0.124. The Hall–Kier alpha value is -1.54. The first-order chi connectivity index (χ1) is 7.02. The van der Waals surface area contributed by atoms with E-state index in [0.717, 1.165) is 0 Å². The molecule has 0 rings (SSSR count). The molecule has 84 valence electrons. The highest BCUT2D eigenvalue weighted by molar-refractivity contribution is 5.85. The van der Waals surface area contributed by atoms with Crippen LogP contribution in [0, 0.1) is 12.3 Å². The van der Waals surface area contributed by atoms with Crippen LogP contribution >= 0.6 is 0 Å². The predicted molar refractivity (Wildman–Crippen MR) is 55.9 cm³/mol. The molecule has 0 radical (unpaired) electrons. The number of hydrogen-bond donors (Lipinski definition) is 2. The first kappa shape index (κ1) is 13.5. The number of hydrogen-bond acceptors (Lipinski definition) is 3. The van der Waals surface area contributed by atoms with Gasteiger partial charge in [-0.25, -0.2) is 0 Å². The molecule has 15 heavy (non-hydrogen) atoms. The topological polar surface area (TPSA) is 83.6 Å². The van der Waals surface area contributed by atoms with Gasteiger partial charge in [0.2, 0.25) is 5.91 Å². The molecule has 0 heterocycles. The van der Waals surface area contributed by atoms with Crippen LogP contribution in [-0.2, 0) is 9.59 Å². The average Bonchev–Trinajstić information content (AvgIpc) is 2.16. The van der Waals surface area contributed by atoms with E-state index in [4.69, 9.17) is 17.3 Å². The Bertz CT molecular complexity index is 270. The maximum absolute atomic E-state index is 11.6. The van der Waals surface area contributed by atoms with Crippen molar-refractivity contribution < 1.29 is 14.7 Å². The second-order valence-corrected chi connectivity index (χ2v) is 3.17. The lowest BCUT2D eigenvalue weighted by Gasteiger charge is -2.22. The van der Waals surface area contributed by atoms with E-state index in [1.54, 1.807) is 0 Å². The molecule has 0 bridgehead atoms. The van der Waals surface area contributed by atoms with E-state index < -0.39 is 17.9 Å². The van der Waals surface area contributed by atoms with Crippen molar-refractivity contribution in [1.82, 2.24) is 4.90 Å². The van der Waals surface area contributed by atoms with E-state index >= 15 is 0 Å². The van der Waals surface area contributed by atoms with E-state index in [1.165, 1.54) is 4.90 Å². The summed E-state index contributed by atoms with van der Waals surface area (Å²) >= 11 is 0. The minimum Gasteiger partial charge on any atom is -0.480 e. The van der Waals surface area contributed by atoms with Crippen LogP contribution in [0.1, 0.15) is 19.8 Å². The van der Waals surface area contributed by atoms with Crippen LogP contribution in [0.5, 0.6) is 0 Å². The van der Waals surface area contributed by atoms with Crippen molar-refractivity contribution in [2.75, 3.05) is 13.1 Å². The maximum Gasteiger partial charge on any atom is 0.323 e. The van der Waals surface area contributed by atoms with Gasteiger partial charge in [-0.2, -0.15) is 0 Å². The second-order valence-electron chi connectivity index (χ2n) is 3.17. The first-order valence-corrected chi connectivity index (χ1v) is 4.72. The molecule has 5 heteroatoms. The highest BCUT2D eigenvalue weighted by Crippen LogP contribution is 1.98. The monoisotopic (exact) mass is 212 g/mol. The highest BCUT2D eigenvalue weighted by atomic mass is 16.4. The van der Waals surface area contributed by atoms with Gasteiger partial charge in [0, 0.05) is 13.0 Å². The van der Waals surface area contributed by atoms with Crippen LogP contribution in [0.2, 0.25) is 0 Å². The van der Waals surface area contributed by atoms with Crippen LogP contribution in [0.25, 0.3) is 0 Å². The van der Waals surface area contributed by atoms with Gasteiger partial charge in [0.05, 0.1) is 6.04 Å². The molecule has 0 aliphatic carbocycles. The number of carbonyl (C=O) groups is 2. The molecule has 0 spiro atoms. The number of rotatable bonds is 6. The Labute approximate surface area is 89.2 Å². The molecule has 0 aliphatic rings. The standard InChI is InChI=1S/C10H16N2O3/c1-3-5-8(11)10(15)12(6-4-2)7-9(13)14/h1,8H,4-7,11H2,2H3,(H,13,14). The molecule has 0 saturated heterocycles. The Morgan fingerprint density at radius 1 is 1.60 bits per heavy atom. The molecule has 0 aromatic rings. The third-order valence-corrected chi connectivity index (χ3v) is 1.79. The molecule has 1 unspecified atom stereocenters. The van der Waals surface area contributed by atoms with Crippen LogP contribution in [0.4, 0.5) is 0 Å². The maximum atomic E-state index is 11.6. The molecule has 3 N–H and O–H groups in total. The van der Waals surface area contributed by atoms with Gasteiger partial charge in [-0.05, 0) is 6.42 Å². The number of carboxylic acids is 1. The van der Waals surface area contributed by atoms with Crippen molar-refractivity contribution >= 4 is 11.9 Å². The van der Waals surface area contributed by atoms with E-state index in [-0.39, 0.29) is 13.0 Å². The van der Waals surface area contributed by atoms with Gasteiger partial charge in [-0.15, -0.1) is 12.3 Å². The third kappa shape index (κ3) is 5.03. The SMILES string of the molecule is C#CCC(N)C(=O)N(CCC)CC(=O)O. The Balaban J connectivity index is 4.41. The summed E-state index contributed by atoms with van der Waals surface area (Å²) in [6, 6.07) is -0.805. The zero-order valence-corrected chi connectivity index (χ0v) is 8.77. The van der Waals surface area contributed by atoms with Crippen molar-refractivity contribution in [2.45, 2.75) is 25.8 Å². The van der Waals surface area contributed by atoms with Gasteiger partial charge in [-0.3, -0.25) is 9.59 Å². The predicted octanol–water partition coefficient (Wildman–Crippen LogP) is -0.340. The number of terminal acetylenes is 1. The van der Waals surface area contributed by atoms with Gasteiger partial charge >= 0.3 is 5.97 Å². The fourth-order valence-electron chi connectivity index (χ4n) is 1.15. The van der Waals surface area contributed by atoms with E-state index in [1.807, 2.05) is 6.92 Å². The number of amides is 1. The summed E-state index contributed by atoms with van der Waals surface area (Å²) in [6.07, 6.45) is 5.83. The molecule has 0 saturated carbocycles. The number of nitrogens with two attached hydrogens (primary N) is 1. The summed E-state index contributed by atoms with van der Waals surface area (Å²) in [7, 11) is 0. The number of aliphatic carboxylic acids is 1. The fraction of sp³-hybridized carbons (Fsp3) is 0.600. The van der Waals surface area contributed by atoms with Gasteiger partial charge < -0.3 is 15.7 Å². The molecule has 1 atom stereocenters. The smallest absolute Gasteiger partial charge is 0.323 e. The van der Waals surface area contributed by atoms with Crippen molar-refractivity contribution in [2.24, 2.45) is 5.73 Å². The summed E-state index contributed by atoms with van der Waals surface area (Å²) < 4.78 is 0. The lowest BCUT2D eigenvalue weighted by molar-refractivity contribution is -0.144. The quantitative estimate of drug-likeness (QED) is 0.590. The largest absolute Gasteiger partial charge is 0.480 e.